The van der Waals surface area contributed by atoms with Crippen LogP contribution in [0.25, 0.3) is 0 Å². The van der Waals surface area contributed by atoms with Gasteiger partial charge in [-0.05, 0) is 70.6 Å². The van der Waals surface area contributed by atoms with Crippen molar-refractivity contribution in [3.63, 3.8) is 0 Å². The zero-order chi connectivity index (χ0) is 44.4. The normalized spacial score (nSPS) is 12.1. The number of allylic oxidation sites excluding steroid dienone is 4. The molecule has 0 aromatic carbocycles. The monoisotopic (exact) mass is 859 g/mol. The molecule has 0 aromatic rings. The molecule has 0 rings (SSSR count). The second-order valence-electron chi connectivity index (χ2n) is 18.1. The van der Waals surface area contributed by atoms with Gasteiger partial charge in [0.25, 0.3) is 0 Å². The molecule has 0 saturated heterocycles. The van der Waals surface area contributed by atoms with Crippen LogP contribution in [0.4, 0.5) is 0 Å². The van der Waals surface area contributed by atoms with E-state index in [0.29, 0.717) is 19.3 Å². The van der Waals surface area contributed by atoms with Gasteiger partial charge in [0.2, 0.25) is 0 Å². The van der Waals surface area contributed by atoms with Gasteiger partial charge in [-0.2, -0.15) is 0 Å². The Labute approximate surface area is 379 Å². The van der Waals surface area contributed by atoms with Gasteiger partial charge >= 0.3 is 17.9 Å². The Morgan fingerprint density at radius 1 is 0.311 bits per heavy atom. The summed E-state index contributed by atoms with van der Waals surface area (Å²) in [5.41, 5.74) is 0. The number of hydrogen-bond donors (Lipinski definition) is 0. The third kappa shape index (κ3) is 48.8. The molecule has 0 aliphatic carbocycles. The highest BCUT2D eigenvalue weighted by Crippen LogP contribution is 2.16. The SMILES string of the molecule is CCCCCCCC/C=C\CCCCCC(=O)OCC(COC(=O)CCCCCCCCCCCCCCCCCC)OC(=O)CCCCC/C=C\CCCCCCCCC. The first-order chi connectivity index (χ1) is 30.0. The van der Waals surface area contributed by atoms with E-state index >= 15 is 0 Å². The molecule has 358 valence electrons. The summed E-state index contributed by atoms with van der Waals surface area (Å²) in [5.74, 6) is -0.896. The largest absolute Gasteiger partial charge is 0.462 e. The number of carbonyl (C=O) groups excluding carboxylic acids is 3. The molecule has 0 N–H and O–H groups in total. The lowest BCUT2D eigenvalue weighted by atomic mass is 10.0. The van der Waals surface area contributed by atoms with Gasteiger partial charge in [0.15, 0.2) is 6.10 Å². The van der Waals surface area contributed by atoms with Crippen LogP contribution >= 0.6 is 0 Å². The molecule has 6 nitrogen and oxygen atoms in total. The second kappa shape index (κ2) is 50.5. The van der Waals surface area contributed by atoms with E-state index in [9.17, 15) is 14.4 Å². The maximum atomic E-state index is 12.8. The Balaban J connectivity index is 4.36. The molecule has 0 aliphatic rings. The smallest absolute Gasteiger partial charge is 0.306 e. The highest BCUT2D eigenvalue weighted by atomic mass is 16.6. The Kier molecular flexibility index (Phi) is 48.8. The Hall–Kier alpha value is -2.11. The third-order valence-electron chi connectivity index (χ3n) is 11.9. The fourth-order valence-corrected chi connectivity index (χ4v) is 7.84. The molecule has 0 aromatic heterocycles. The standard InChI is InChI=1S/C55H102O6/c1-4-7-10-13-16-19-22-25-27-28-31-33-36-39-42-45-48-54(57)60-51-52(50-59-53(56)47-44-41-38-35-32-29-24-21-18-15-12-9-6-3)61-55(58)49-46-43-40-37-34-30-26-23-20-17-14-11-8-5-2/h29-30,32,34,52H,4-28,31,33,35-51H2,1-3H3/b32-29-,34-30-. The van der Waals surface area contributed by atoms with Gasteiger partial charge in [0.05, 0.1) is 0 Å². The number of carbonyl (C=O) groups is 3. The average molecular weight is 859 g/mol. The number of rotatable bonds is 49. The van der Waals surface area contributed by atoms with E-state index in [4.69, 9.17) is 14.2 Å². The summed E-state index contributed by atoms with van der Waals surface area (Å²) >= 11 is 0. The first kappa shape index (κ1) is 58.9. The van der Waals surface area contributed by atoms with E-state index < -0.39 is 6.10 Å². The van der Waals surface area contributed by atoms with Gasteiger partial charge in [-0.15, -0.1) is 0 Å². The molecule has 1 atom stereocenters. The molecular formula is C55H102O6. The van der Waals surface area contributed by atoms with Crippen LogP contribution in [0.15, 0.2) is 24.3 Å². The van der Waals surface area contributed by atoms with E-state index in [1.807, 2.05) is 0 Å². The third-order valence-corrected chi connectivity index (χ3v) is 11.9. The molecule has 0 amide bonds. The van der Waals surface area contributed by atoms with Crippen molar-refractivity contribution < 1.29 is 28.6 Å². The van der Waals surface area contributed by atoms with E-state index in [1.54, 1.807) is 0 Å². The van der Waals surface area contributed by atoms with Crippen LogP contribution in [0.3, 0.4) is 0 Å². The van der Waals surface area contributed by atoms with Gasteiger partial charge in [0.1, 0.15) is 13.2 Å². The van der Waals surface area contributed by atoms with Gasteiger partial charge < -0.3 is 14.2 Å². The van der Waals surface area contributed by atoms with Crippen molar-refractivity contribution in [3.05, 3.63) is 24.3 Å². The quantitative estimate of drug-likeness (QED) is 0.0262. The lowest BCUT2D eigenvalue weighted by Gasteiger charge is -2.18. The van der Waals surface area contributed by atoms with Crippen molar-refractivity contribution in [1.82, 2.24) is 0 Å². The van der Waals surface area contributed by atoms with Crippen LogP contribution in [0.1, 0.15) is 290 Å². The van der Waals surface area contributed by atoms with Crippen LogP contribution in [-0.2, 0) is 28.6 Å². The average Bonchev–Trinajstić information content (AvgIpc) is 3.26. The topological polar surface area (TPSA) is 78.9 Å². The molecular weight excluding hydrogens is 757 g/mol. The summed E-state index contributed by atoms with van der Waals surface area (Å²) in [6.07, 6.45) is 57.3. The molecule has 0 heterocycles. The molecule has 6 heteroatoms. The zero-order valence-corrected chi connectivity index (χ0v) is 40.9. The predicted molar refractivity (Wildman–Crippen MR) is 261 cm³/mol. The highest BCUT2D eigenvalue weighted by molar-refractivity contribution is 5.71. The van der Waals surface area contributed by atoms with Crippen molar-refractivity contribution in [2.75, 3.05) is 13.2 Å². The molecule has 0 bridgehead atoms. The Bertz CT molecular complexity index is 989. The van der Waals surface area contributed by atoms with Crippen molar-refractivity contribution in [2.45, 2.75) is 297 Å². The summed E-state index contributed by atoms with van der Waals surface area (Å²) in [6, 6.07) is 0. The van der Waals surface area contributed by atoms with Crippen LogP contribution in [0.2, 0.25) is 0 Å². The van der Waals surface area contributed by atoms with Gasteiger partial charge in [-0.25, -0.2) is 0 Å². The predicted octanol–water partition coefficient (Wildman–Crippen LogP) is 17.5. The minimum atomic E-state index is -0.780. The fourth-order valence-electron chi connectivity index (χ4n) is 7.84. The van der Waals surface area contributed by atoms with E-state index in [2.05, 4.69) is 45.1 Å². The van der Waals surface area contributed by atoms with E-state index in [1.165, 1.54) is 167 Å². The molecule has 0 saturated carbocycles. The fraction of sp³-hybridized carbons (Fsp3) is 0.873. The number of esters is 3. The number of unbranched alkanes of at least 4 members (excludes halogenated alkanes) is 34. The van der Waals surface area contributed by atoms with E-state index in [0.717, 1.165) is 83.5 Å². The summed E-state index contributed by atoms with van der Waals surface area (Å²) in [4.78, 5) is 38.0. The van der Waals surface area contributed by atoms with Gasteiger partial charge in [-0.1, -0.05) is 225 Å². The first-order valence-corrected chi connectivity index (χ1v) is 26.8. The van der Waals surface area contributed by atoms with Crippen molar-refractivity contribution in [3.8, 4) is 0 Å². The van der Waals surface area contributed by atoms with Crippen LogP contribution in [0, 0.1) is 0 Å². The number of hydrogen-bond acceptors (Lipinski definition) is 6. The maximum Gasteiger partial charge on any atom is 0.306 e. The molecule has 0 radical (unpaired) electrons. The molecule has 1 unspecified atom stereocenters. The molecule has 0 aliphatic heterocycles. The maximum absolute atomic E-state index is 12.8. The second-order valence-corrected chi connectivity index (χ2v) is 18.1. The Morgan fingerprint density at radius 3 is 0.836 bits per heavy atom. The van der Waals surface area contributed by atoms with Crippen LogP contribution in [-0.4, -0.2) is 37.2 Å². The van der Waals surface area contributed by atoms with Gasteiger partial charge in [0, 0.05) is 19.3 Å². The minimum Gasteiger partial charge on any atom is -0.462 e. The molecule has 0 fully saturated rings. The molecule has 61 heavy (non-hydrogen) atoms. The van der Waals surface area contributed by atoms with Crippen molar-refractivity contribution in [2.24, 2.45) is 0 Å². The van der Waals surface area contributed by atoms with Crippen LogP contribution in [0.5, 0.6) is 0 Å². The lowest BCUT2D eigenvalue weighted by molar-refractivity contribution is -0.167. The summed E-state index contributed by atoms with van der Waals surface area (Å²) in [7, 11) is 0. The van der Waals surface area contributed by atoms with E-state index in [-0.39, 0.29) is 31.1 Å². The van der Waals surface area contributed by atoms with Crippen molar-refractivity contribution in [1.29, 1.82) is 0 Å². The van der Waals surface area contributed by atoms with Crippen molar-refractivity contribution >= 4 is 17.9 Å². The highest BCUT2D eigenvalue weighted by Gasteiger charge is 2.19. The summed E-state index contributed by atoms with van der Waals surface area (Å²) < 4.78 is 16.8. The minimum absolute atomic E-state index is 0.0781. The lowest BCUT2D eigenvalue weighted by Crippen LogP contribution is -2.30. The van der Waals surface area contributed by atoms with Gasteiger partial charge in [-0.3, -0.25) is 14.4 Å². The molecule has 0 spiro atoms. The first-order valence-electron chi connectivity index (χ1n) is 26.8. The number of ether oxygens (including phenoxy) is 3. The summed E-state index contributed by atoms with van der Waals surface area (Å²) in [5, 5.41) is 0. The Morgan fingerprint density at radius 2 is 0.541 bits per heavy atom. The van der Waals surface area contributed by atoms with Crippen LogP contribution < -0.4 is 0 Å². The summed E-state index contributed by atoms with van der Waals surface area (Å²) in [6.45, 7) is 6.63. The zero-order valence-electron chi connectivity index (χ0n) is 40.9.